The normalized spacial score (nSPS) is 16.6. The number of carbonyl (C=O) groups is 1. The second-order valence-electron chi connectivity index (χ2n) is 6.38. The number of amides is 1. The molecule has 0 bridgehead atoms. The molecule has 2 N–H and O–H groups in total. The van der Waals surface area contributed by atoms with Crippen molar-refractivity contribution in [1.29, 1.82) is 0 Å². The molecule has 1 amide bonds. The van der Waals surface area contributed by atoms with Gasteiger partial charge in [-0.15, -0.1) is 0 Å². The fourth-order valence-corrected chi connectivity index (χ4v) is 3.32. The third-order valence-electron chi connectivity index (χ3n) is 4.75. The summed E-state index contributed by atoms with van der Waals surface area (Å²) in [5.74, 6) is -0.155. The molecular formula is C19H25N3O3. The van der Waals surface area contributed by atoms with Gasteiger partial charge in [-0.05, 0) is 31.7 Å². The third-order valence-corrected chi connectivity index (χ3v) is 4.75. The molecule has 1 saturated heterocycles. The Bertz CT molecular complexity index is 693. The van der Waals surface area contributed by atoms with Gasteiger partial charge in [-0.2, -0.15) is 5.10 Å². The van der Waals surface area contributed by atoms with E-state index in [-0.39, 0.29) is 24.6 Å². The molecule has 0 saturated carbocycles. The van der Waals surface area contributed by atoms with Gasteiger partial charge >= 0.3 is 0 Å². The fraction of sp³-hybridized carbons (Fsp3) is 0.474. The Morgan fingerprint density at radius 1 is 1.36 bits per heavy atom. The van der Waals surface area contributed by atoms with E-state index in [9.17, 15) is 9.90 Å². The maximum atomic E-state index is 12.7. The van der Waals surface area contributed by atoms with Crippen LogP contribution in [-0.4, -0.2) is 40.6 Å². The molecule has 1 aliphatic heterocycles. The molecular weight excluding hydrogens is 318 g/mol. The average molecular weight is 343 g/mol. The van der Waals surface area contributed by atoms with Crippen LogP contribution in [0.25, 0.3) is 0 Å². The number of aliphatic hydroxyl groups excluding tert-OH is 1. The molecule has 1 unspecified atom stereocenters. The lowest BCUT2D eigenvalue weighted by atomic mass is 10.0. The van der Waals surface area contributed by atoms with Gasteiger partial charge in [0.15, 0.2) is 0 Å². The number of aromatic nitrogens is 2. The van der Waals surface area contributed by atoms with Gasteiger partial charge in [0, 0.05) is 25.5 Å². The zero-order valence-electron chi connectivity index (χ0n) is 14.5. The fourth-order valence-electron chi connectivity index (χ4n) is 3.32. The number of hydrogen-bond acceptors (Lipinski definition) is 4. The Kier molecular flexibility index (Phi) is 5.83. The number of hydrogen-bond donors (Lipinski definition) is 2. The molecule has 6 heteroatoms. The van der Waals surface area contributed by atoms with E-state index in [4.69, 9.17) is 4.74 Å². The summed E-state index contributed by atoms with van der Waals surface area (Å²) in [7, 11) is 0. The first-order valence-corrected chi connectivity index (χ1v) is 8.79. The maximum Gasteiger partial charge on any atom is 0.255 e. The van der Waals surface area contributed by atoms with Crippen LogP contribution < -0.4 is 5.32 Å². The van der Waals surface area contributed by atoms with Crippen molar-refractivity contribution < 1.29 is 14.6 Å². The monoisotopic (exact) mass is 343 g/mol. The zero-order valence-corrected chi connectivity index (χ0v) is 14.5. The van der Waals surface area contributed by atoms with Crippen LogP contribution in [0.5, 0.6) is 0 Å². The van der Waals surface area contributed by atoms with Crippen molar-refractivity contribution in [3.63, 3.8) is 0 Å². The van der Waals surface area contributed by atoms with Crippen molar-refractivity contribution in [2.45, 2.75) is 38.3 Å². The summed E-state index contributed by atoms with van der Waals surface area (Å²) in [5.41, 5.74) is 2.45. The van der Waals surface area contributed by atoms with Crippen LogP contribution in [0, 0.1) is 6.92 Å². The van der Waals surface area contributed by atoms with Crippen molar-refractivity contribution in [1.82, 2.24) is 15.1 Å². The lowest BCUT2D eigenvalue weighted by molar-refractivity contribution is 0.0656. The van der Waals surface area contributed by atoms with Gasteiger partial charge in [0.05, 0.1) is 23.8 Å². The number of rotatable bonds is 6. The van der Waals surface area contributed by atoms with Crippen LogP contribution in [0.3, 0.4) is 0 Å². The molecule has 0 spiro atoms. The first-order chi connectivity index (χ1) is 12.2. The molecule has 134 valence electrons. The third kappa shape index (κ3) is 4.08. The first kappa shape index (κ1) is 17.6. The van der Waals surface area contributed by atoms with Crippen LogP contribution in [0.15, 0.2) is 36.5 Å². The molecule has 1 aliphatic rings. The number of carbonyl (C=O) groups excluding carboxylic acids is 1. The number of ether oxygens (including phenoxy) is 1. The average Bonchev–Trinajstić information content (AvgIpc) is 3.04. The first-order valence-electron chi connectivity index (χ1n) is 8.79. The summed E-state index contributed by atoms with van der Waals surface area (Å²) in [6, 6.07) is 9.78. The molecule has 1 aromatic heterocycles. The topological polar surface area (TPSA) is 76.4 Å². The second kappa shape index (κ2) is 8.27. The lowest BCUT2D eigenvalue weighted by Crippen LogP contribution is -2.30. The minimum atomic E-state index is -0.218. The van der Waals surface area contributed by atoms with E-state index in [0.717, 1.165) is 37.3 Å². The van der Waals surface area contributed by atoms with Crippen LogP contribution >= 0.6 is 0 Å². The lowest BCUT2D eigenvalue weighted by Gasteiger charge is -2.24. The van der Waals surface area contributed by atoms with E-state index in [1.165, 1.54) is 0 Å². The predicted octanol–water partition coefficient (Wildman–Crippen LogP) is 2.40. The van der Waals surface area contributed by atoms with Gasteiger partial charge in [-0.25, -0.2) is 0 Å². The van der Waals surface area contributed by atoms with Crippen molar-refractivity contribution in [2.75, 3.05) is 19.8 Å². The van der Waals surface area contributed by atoms with Gasteiger partial charge in [0.25, 0.3) is 5.91 Å². The minimum Gasteiger partial charge on any atom is -0.396 e. The number of benzene rings is 1. The predicted molar refractivity (Wildman–Crippen MR) is 94.4 cm³/mol. The molecule has 1 atom stereocenters. The Balaban J connectivity index is 1.75. The highest BCUT2D eigenvalue weighted by atomic mass is 16.5. The van der Waals surface area contributed by atoms with E-state index in [2.05, 4.69) is 10.4 Å². The van der Waals surface area contributed by atoms with Gasteiger partial charge in [0.1, 0.15) is 0 Å². The molecule has 2 heterocycles. The maximum absolute atomic E-state index is 12.7. The summed E-state index contributed by atoms with van der Waals surface area (Å²) in [6.07, 6.45) is 3.95. The van der Waals surface area contributed by atoms with E-state index in [1.54, 1.807) is 6.20 Å². The smallest absolute Gasteiger partial charge is 0.255 e. The highest BCUT2D eigenvalue weighted by Crippen LogP contribution is 2.24. The van der Waals surface area contributed by atoms with Crippen LogP contribution in [0.4, 0.5) is 0 Å². The quantitative estimate of drug-likeness (QED) is 0.844. The molecule has 1 fully saturated rings. The van der Waals surface area contributed by atoms with E-state index in [1.807, 2.05) is 41.9 Å². The summed E-state index contributed by atoms with van der Waals surface area (Å²) in [6.45, 7) is 3.41. The van der Waals surface area contributed by atoms with Crippen LogP contribution in [-0.2, 0) is 4.74 Å². The van der Waals surface area contributed by atoms with E-state index < -0.39 is 0 Å². The van der Waals surface area contributed by atoms with Gasteiger partial charge in [-0.3, -0.25) is 9.48 Å². The Hall–Kier alpha value is -2.18. The van der Waals surface area contributed by atoms with E-state index in [0.29, 0.717) is 12.0 Å². The SMILES string of the molecule is Cc1c(C(=O)NC(CCO)c2ccccc2)cnn1C1CCOCC1. The molecule has 3 rings (SSSR count). The van der Waals surface area contributed by atoms with Crippen molar-refractivity contribution in [3.05, 3.63) is 53.3 Å². The Morgan fingerprint density at radius 2 is 2.08 bits per heavy atom. The molecule has 6 nitrogen and oxygen atoms in total. The second-order valence-corrected chi connectivity index (χ2v) is 6.38. The van der Waals surface area contributed by atoms with Gasteiger partial charge in [0.2, 0.25) is 0 Å². The summed E-state index contributed by atoms with van der Waals surface area (Å²) >= 11 is 0. The summed E-state index contributed by atoms with van der Waals surface area (Å²) < 4.78 is 7.35. The van der Waals surface area contributed by atoms with Crippen molar-refractivity contribution in [3.8, 4) is 0 Å². The summed E-state index contributed by atoms with van der Waals surface area (Å²) in [5, 5.41) is 16.8. The highest BCUT2D eigenvalue weighted by Gasteiger charge is 2.23. The van der Waals surface area contributed by atoms with Crippen LogP contribution in [0.2, 0.25) is 0 Å². The highest BCUT2D eigenvalue weighted by molar-refractivity contribution is 5.95. The van der Waals surface area contributed by atoms with Gasteiger partial charge < -0.3 is 15.2 Å². The van der Waals surface area contributed by atoms with Crippen molar-refractivity contribution >= 4 is 5.91 Å². The molecule has 0 aliphatic carbocycles. The number of aliphatic hydroxyl groups is 1. The molecule has 2 aromatic rings. The van der Waals surface area contributed by atoms with Gasteiger partial charge in [-0.1, -0.05) is 30.3 Å². The zero-order chi connectivity index (χ0) is 17.6. The Labute approximate surface area is 147 Å². The van der Waals surface area contributed by atoms with E-state index >= 15 is 0 Å². The number of nitrogens with zero attached hydrogens (tertiary/aromatic N) is 2. The summed E-state index contributed by atoms with van der Waals surface area (Å²) in [4.78, 5) is 12.7. The van der Waals surface area contributed by atoms with Crippen LogP contribution in [0.1, 0.15) is 53.0 Å². The standard InChI is InChI=1S/C19H25N3O3/c1-14-17(13-20-22(14)16-8-11-25-12-9-16)19(24)21-18(7-10-23)15-5-3-2-4-6-15/h2-6,13,16,18,23H,7-12H2,1H3,(H,21,24). The van der Waals surface area contributed by atoms with Crippen molar-refractivity contribution in [2.24, 2.45) is 0 Å². The molecule has 25 heavy (non-hydrogen) atoms. The number of nitrogens with one attached hydrogen (secondary N) is 1. The molecule has 0 radical (unpaired) electrons. The largest absolute Gasteiger partial charge is 0.396 e. The minimum absolute atomic E-state index is 0.0140. The molecule has 1 aromatic carbocycles. The Morgan fingerprint density at radius 3 is 2.76 bits per heavy atom.